The first-order valence-electron chi connectivity index (χ1n) is 3.44. The molecule has 0 aromatic carbocycles. The van der Waals surface area contributed by atoms with Crippen LogP contribution < -0.4 is 4.89 Å². The Morgan fingerprint density at radius 1 is 1.36 bits per heavy atom. The summed E-state index contributed by atoms with van der Waals surface area (Å²) >= 11 is 0. The summed E-state index contributed by atoms with van der Waals surface area (Å²) in [7, 11) is -2.90. The fourth-order valence-electron chi connectivity index (χ4n) is 0.736. The Kier molecular flexibility index (Phi) is 3.21. The summed E-state index contributed by atoms with van der Waals surface area (Å²) in [5, 5.41) is 0. The van der Waals surface area contributed by atoms with Gasteiger partial charge in [0.05, 0.1) is 0 Å². The average molecular weight is 174 g/mol. The van der Waals surface area contributed by atoms with Crippen LogP contribution in [0.3, 0.4) is 0 Å². The molecule has 0 fully saturated rings. The Hall–Kier alpha value is -0.210. The van der Waals surface area contributed by atoms with Gasteiger partial charge in [0.15, 0.2) is 0 Å². The second kappa shape index (κ2) is 3.98. The van der Waals surface area contributed by atoms with E-state index in [4.69, 9.17) is 9.05 Å². The molecule has 1 rings (SSSR count). The molecular formula is C7H11O3P. The topological polar surface area (TPSA) is 41.5 Å². The van der Waals surface area contributed by atoms with E-state index in [1.54, 1.807) is 25.2 Å². The molecule has 0 N–H and O–H groups in total. The molecule has 0 aromatic heterocycles. The summed E-state index contributed by atoms with van der Waals surface area (Å²) in [6.07, 6.45) is 5.26. The van der Waals surface area contributed by atoms with Crippen LogP contribution in [0, 0.1) is 0 Å². The zero-order valence-electron chi connectivity index (χ0n) is 6.40. The van der Waals surface area contributed by atoms with Crippen LogP contribution in [-0.2, 0) is 9.05 Å². The van der Waals surface area contributed by atoms with E-state index in [1.165, 1.54) is 5.82 Å². The van der Waals surface area contributed by atoms with Crippen LogP contribution in [-0.4, -0.2) is 13.2 Å². The van der Waals surface area contributed by atoms with Gasteiger partial charge in [-0.25, -0.2) is 9.05 Å². The molecule has 1 aliphatic heterocycles. The summed E-state index contributed by atoms with van der Waals surface area (Å²) in [5.41, 5.74) is 0. The van der Waals surface area contributed by atoms with Crippen LogP contribution in [0.15, 0.2) is 24.0 Å². The Morgan fingerprint density at radius 3 is 2.36 bits per heavy atom. The van der Waals surface area contributed by atoms with Crippen molar-refractivity contribution in [2.75, 3.05) is 13.2 Å². The Balaban J connectivity index is 2.56. The van der Waals surface area contributed by atoms with E-state index in [1.807, 2.05) is 0 Å². The van der Waals surface area contributed by atoms with Gasteiger partial charge in [-0.05, 0) is 13.0 Å². The van der Waals surface area contributed by atoms with Gasteiger partial charge in [0.25, 0.3) is 7.94 Å². The lowest BCUT2D eigenvalue weighted by atomic mass is 10.5. The van der Waals surface area contributed by atoms with Crippen LogP contribution in [0.2, 0.25) is 0 Å². The molecule has 0 aromatic rings. The fourth-order valence-corrected chi connectivity index (χ4v) is 1.94. The molecule has 0 atom stereocenters. The number of hydrogen-bond donors (Lipinski definition) is 0. The molecule has 0 spiro atoms. The highest BCUT2D eigenvalue weighted by molar-refractivity contribution is 7.62. The van der Waals surface area contributed by atoms with Crippen molar-refractivity contribution in [2.24, 2.45) is 0 Å². The molecule has 62 valence electrons. The van der Waals surface area contributed by atoms with E-state index >= 15 is 0 Å². The predicted octanol–water partition coefficient (Wildman–Crippen LogP) is 1.25. The molecule has 1 heterocycles. The number of allylic oxidation sites excluding steroid dienone is 1. The highest BCUT2D eigenvalue weighted by atomic mass is 31.2. The van der Waals surface area contributed by atoms with E-state index in [-0.39, 0.29) is 0 Å². The van der Waals surface area contributed by atoms with E-state index in [0.717, 1.165) is 0 Å². The molecule has 0 unspecified atom stereocenters. The number of hydrogen-bond acceptors (Lipinski definition) is 3. The maximum Gasteiger partial charge on any atom is 0.264 e. The fraction of sp³-hybridized carbons (Fsp3) is 0.429. The average Bonchev–Trinajstić information content (AvgIpc) is 2.15. The van der Waals surface area contributed by atoms with Crippen LogP contribution >= 0.6 is 7.94 Å². The molecule has 1 aliphatic rings. The van der Waals surface area contributed by atoms with E-state index in [0.29, 0.717) is 13.2 Å². The lowest BCUT2D eigenvalue weighted by Crippen LogP contribution is -2.12. The van der Waals surface area contributed by atoms with E-state index < -0.39 is 7.94 Å². The lowest BCUT2D eigenvalue weighted by Gasteiger charge is -2.20. The van der Waals surface area contributed by atoms with Gasteiger partial charge in [0.1, 0.15) is 19.0 Å². The minimum atomic E-state index is -2.90. The normalized spacial score (nSPS) is 23.8. The zero-order valence-corrected chi connectivity index (χ0v) is 7.29. The van der Waals surface area contributed by atoms with Gasteiger partial charge in [0, 0.05) is 0 Å². The van der Waals surface area contributed by atoms with Gasteiger partial charge in [-0.2, -0.15) is 0 Å². The van der Waals surface area contributed by atoms with E-state index in [2.05, 4.69) is 0 Å². The molecule has 0 aliphatic carbocycles. The van der Waals surface area contributed by atoms with Crippen molar-refractivity contribution >= 4 is 7.94 Å². The van der Waals surface area contributed by atoms with E-state index in [9.17, 15) is 4.89 Å². The molecule has 4 heteroatoms. The monoisotopic (exact) mass is 174 g/mol. The molecule has 3 nitrogen and oxygen atoms in total. The zero-order chi connectivity index (χ0) is 8.16. The van der Waals surface area contributed by atoms with Crippen molar-refractivity contribution < 1.29 is 13.9 Å². The SMILES string of the molecule is C/C=C/[P+]1([O-])OCC=CCO1. The maximum atomic E-state index is 11.5. The van der Waals surface area contributed by atoms with Gasteiger partial charge in [-0.3, -0.25) is 0 Å². The first kappa shape index (κ1) is 8.88. The molecule has 11 heavy (non-hydrogen) atoms. The third-order valence-corrected chi connectivity index (χ3v) is 2.88. The molecular weight excluding hydrogens is 163 g/mol. The highest BCUT2D eigenvalue weighted by Gasteiger charge is 2.26. The summed E-state index contributed by atoms with van der Waals surface area (Å²) in [6.45, 7) is 2.51. The molecule has 0 bridgehead atoms. The minimum Gasteiger partial charge on any atom is -0.628 e. The van der Waals surface area contributed by atoms with Crippen molar-refractivity contribution in [3.8, 4) is 0 Å². The summed E-state index contributed by atoms with van der Waals surface area (Å²) < 4.78 is 9.98. The second-order valence-electron chi connectivity index (χ2n) is 2.09. The van der Waals surface area contributed by atoms with Gasteiger partial charge >= 0.3 is 0 Å². The van der Waals surface area contributed by atoms with Crippen molar-refractivity contribution in [3.05, 3.63) is 24.0 Å². The first-order chi connectivity index (χ1) is 5.27. The van der Waals surface area contributed by atoms with Gasteiger partial charge in [0.2, 0.25) is 0 Å². The Morgan fingerprint density at radius 2 is 1.91 bits per heavy atom. The van der Waals surface area contributed by atoms with Crippen molar-refractivity contribution in [2.45, 2.75) is 6.92 Å². The third-order valence-electron chi connectivity index (χ3n) is 1.20. The molecule has 0 radical (unpaired) electrons. The lowest BCUT2D eigenvalue weighted by molar-refractivity contribution is -0.212. The molecule has 0 amide bonds. The third kappa shape index (κ3) is 2.72. The van der Waals surface area contributed by atoms with Gasteiger partial charge in [-0.15, -0.1) is 0 Å². The smallest absolute Gasteiger partial charge is 0.264 e. The second-order valence-corrected chi connectivity index (χ2v) is 3.98. The van der Waals surface area contributed by atoms with Gasteiger partial charge < -0.3 is 4.89 Å². The van der Waals surface area contributed by atoms with Crippen LogP contribution in [0.5, 0.6) is 0 Å². The van der Waals surface area contributed by atoms with Crippen LogP contribution in [0.1, 0.15) is 6.92 Å². The Labute approximate surface area is 66.9 Å². The van der Waals surface area contributed by atoms with Crippen LogP contribution in [0.25, 0.3) is 0 Å². The quantitative estimate of drug-likeness (QED) is 0.443. The first-order valence-corrected chi connectivity index (χ1v) is 5.06. The van der Waals surface area contributed by atoms with Crippen molar-refractivity contribution in [1.82, 2.24) is 0 Å². The van der Waals surface area contributed by atoms with Gasteiger partial charge in [-0.1, -0.05) is 12.2 Å². The maximum absolute atomic E-state index is 11.5. The van der Waals surface area contributed by atoms with Crippen molar-refractivity contribution in [3.63, 3.8) is 0 Å². The highest BCUT2D eigenvalue weighted by Crippen LogP contribution is 2.54. The number of rotatable bonds is 1. The summed E-state index contributed by atoms with van der Waals surface area (Å²) in [6, 6.07) is 0. The van der Waals surface area contributed by atoms with Crippen LogP contribution in [0.4, 0.5) is 0 Å². The standard InChI is InChI=1S/C7H11O3P/c1-2-7-11(8)9-5-3-4-6-10-11/h2-4,7H,5-6H2,1H3/b7-2+. The molecule has 0 saturated carbocycles. The predicted molar refractivity (Wildman–Crippen MR) is 42.8 cm³/mol. The summed E-state index contributed by atoms with van der Waals surface area (Å²) in [5.74, 6) is 1.47. The van der Waals surface area contributed by atoms with Crippen molar-refractivity contribution in [1.29, 1.82) is 0 Å². The summed E-state index contributed by atoms with van der Waals surface area (Å²) in [4.78, 5) is 11.5. The minimum absolute atomic E-state index is 0.363. The molecule has 0 saturated heterocycles. The Bertz CT molecular complexity index is 167. The largest absolute Gasteiger partial charge is 0.628 e.